The Morgan fingerprint density at radius 1 is 1.38 bits per heavy atom. The summed E-state index contributed by atoms with van der Waals surface area (Å²) >= 11 is 0. The number of aryl methyl sites for hydroxylation is 2. The SMILES string of the molecule is CCC(CC)N(CC(F)(F)F)C(=O)c1c(N)c(C)nn1C. The first kappa shape index (κ1) is 17.3. The van der Waals surface area contributed by atoms with Crippen molar-refractivity contribution in [3.63, 3.8) is 0 Å². The number of nitrogens with zero attached hydrogens (tertiary/aromatic N) is 3. The van der Waals surface area contributed by atoms with Crippen LogP contribution in [0.5, 0.6) is 0 Å². The minimum atomic E-state index is -4.46. The summed E-state index contributed by atoms with van der Waals surface area (Å²) in [7, 11) is 1.50. The van der Waals surface area contributed by atoms with Crippen molar-refractivity contribution in [1.82, 2.24) is 14.7 Å². The minimum absolute atomic E-state index is 0.00338. The van der Waals surface area contributed by atoms with Gasteiger partial charge >= 0.3 is 6.18 Å². The van der Waals surface area contributed by atoms with Crippen LogP contribution < -0.4 is 5.73 Å². The third kappa shape index (κ3) is 3.89. The number of hydrogen-bond acceptors (Lipinski definition) is 3. The van der Waals surface area contributed by atoms with Gasteiger partial charge in [-0.25, -0.2) is 0 Å². The molecule has 0 unspecified atom stereocenters. The molecule has 0 saturated carbocycles. The van der Waals surface area contributed by atoms with Gasteiger partial charge in [-0.2, -0.15) is 18.3 Å². The first-order chi connectivity index (χ1) is 9.62. The molecule has 0 aliphatic rings. The summed E-state index contributed by atoms with van der Waals surface area (Å²) in [6.07, 6.45) is -3.58. The van der Waals surface area contributed by atoms with Crippen LogP contribution in [-0.2, 0) is 7.05 Å². The highest BCUT2D eigenvalue weighted by Crippen LogP contribution is 2.25. The van der Waals surface area contributed by atoms with Crippen LogP contribution in [0.2, 0.25) is 0 Å². The molecule has 120 valence electrons. The zero-order chi connectivity index (χ0) is 16.4. The van der Waals surface area contributed by atoms with Crippen molar-refractivity contribution in [2.24, 2.45) is 7.05 Å². The molecule has 0 spiro atoms. The minimum Gasteiger partial charge on any atom is -0.395 e. The van der Waals surface area contributed by atoms with Gasteiger partial charge in [0.15, 0.2) is 0 Å². The van der Waals surface area contributed by atoms with Crippen LogP contribution in [0.4, 0.5) is 18.9 Å². The highest BCUT2D eigenvalue weighted by Gasteiger charge is 2.37. The van der Waals surface area contributed by atoms with E-state index in [1.807, 2.05) is 0 Å². The second-order valence-electron chi connectivity index (χ2n) is 4.99. The number of rotatable bonds is 5. The van der Waals surface area contributed by atoms with E-state index in [0.717, 1.165) is 4.90 Å². The zero-order valence-electron chi connectivity index (χ0n) is 12.7. The van der Waals surface area contributed by atoms with Crippen LogP contribution >= 0.6 is 0 Å². The number of carbonyl (C=O) groups is 1. The molecular weight excluding hydrogens is 285 g/mol. The largest absolute Gasteiger partial charge is 0.406 e. The van der Waals surface area contributed by atoms with Gasteiger partial charge in [0.05, 0.1) is 11.4 Å². The molecule has 0 saturated heterocycles. The summed E-state index contributed by atoms with van der Waals surface area (Å²) in [6.45, 7) is 3.82. The Morgan fingerprint density at radius 3 is 2.24 bits per heavy atom. The molecular formula is C13H21F3N4O. The van der Waals surface area contributed by atoms with E-state index in [2.05, 4.69) is 5.10 Å². The number of nitrogen functional groups attached to an aromatic ring is 1. The summed E-state index contributed by atoms with van der Waals surface area (Å²) in [5, 5.41) is 3.98. The highest BCUT2D eigenvalue weighted by molar-refractivity contribution is 5.98. The van der Waals surface area contributed by atoms with Crippen molar-refractivity contribution < 1.29 is 18.0 Å². The van der Waals surface area contributed by atoms with Gasteiger partial charge in [-0.3, -0.25) is 9.48 Å². The number of aromatic nitrogens is 2. The number of anilines is 1. The lowest BCUT2D eigenvalue weighted by atomic mass is 10.1. The summed E-state index contributed by atoms with van der Waals surface area (Å²) in [5.74, 6) is -0.735. The smallest absolute Gasteiger partial charge is 0.395 e. The van der Waals surface area contributed by atoms with E-state index in [9.17, 15) is 18.0 Å². The maximum Gasteiger partial charge on any atom is 0.406 e. The lowest BCUT2D eigenvalue weighted by molar-refractivity contribution is -0.145. The van der Waals surface area contributed by atoms with E-state index in [1.54, 1.807) is 20.8 Å². The summed E-state index contributed by atoms with van der Waals surface area (Å²) in [5.41, 5.74) is 6.33. The van der Waals surface area contributed by atoms with Crippen LogP contribution in [0.15, 0.2) is 0 Å². The number of hydrogen-bond donors (Lipinski definition) is 1. The standard InChI is InChI=1S/C13H21F3N4O/c1-5-9(6-2)20(7-13(14,15)16)12(21)11-10(17)8(3)18-19(11)4/h9H,5-7,17H2,1-4H3. The molecule has 5 nitrogen and oxygen atoms in total. The molecule has 0 atom stereocenters. The zero-order valence-corrected chi connectivity index (χ0v) is 12.7. The quantitative estimate of drug-likeness (QED) is 0.909. The second-order valence-corrected chi connectivity index (χ2v) is 4.99. The van der Waals surface area contributed by atoms with Crippen LogP contribution in [0.1, 0.15) is 42.9 Å². The molecule has 2 N–H and O–H groups in total. The van der Waals surface area contributed by atoms with E-state index in [0.29, 0.717) is 18.5 Å². The fourth-order valence-electron chi connectivity index (χ4n) is 2.35. The Hall–Kier alpha value is -1.73. The van der Waals surface area contributed by atoms with E-state index in [-0.39, 0.29) is 11.4 Å². The van der Waals surface area contributed by atoms with Gasteiger partial charge in [0.1, 0.15) is 12.2 Å². The van der Waals surface area contributed by atoms with Gasteiger partial charge in [-0.1, -0.05) is 13.8 Å². The Morgan fingerprint density at radius 2 is 1.90 bits per heavy atom. The van der Waals surface area contributed by atoms with Gasteiger partial charge in [0.25, 0.3) is 5.91 Å². The third-order valence-corrected chi connectivity index (χ3v) is 3.46. The molecule has 0 radical (unpaired) electrons. The number of carbonyl (C=O) groups excluding carboxylic acids is 1. The first-order valence-electron chi connectivity index (χ1n) is 6.79. The predicted molar refractivity (Wildman–Crippen MR) is 73.8 cm³/mol. The van der Waals surface area contributed by atoms with Gasteiger partial charge in [-0.05, 0) is 19.8 Å². The van der Waals surface area contributed by atoms with Gasteiger partial charge < -0.3 is 10.6 Å². The van der Waals surface area contributed by atoms with Crippen LogP contribution in [0.3, 0.4) is 0 Å². The second kappa shape index (κ2) is 6.36. The monoisotopic (exact) mass is 306 g/mol. The normalized spacial score (nSPS) is 12.0. The predicted octanol–water partition coefficient (Wildman–Crippen LogP) is 2.50. The van der Waals surface area contributed by atoms with Crippen molar-refractivity contribution in [1.29, 1.82) is 0 Å². The number of amides is 1. The highest BCUT2D eigenvalue weighted by atomic mass is 19.4. The Kier molecular flexibility index (Phi) is 5.25. The van der Waals surface area contributed by atoms with Crippen LogP contribution in [0, 0.1) is 6.92 Å². The topological polar surface area (TPSA) is 64.2 Å². The van der Waals surface area contributed by atoms with Gasteiger partial charge in [0, 0.05) is 13.1 Å². The molecule has 0 bridgehead atoms. The van der Waals surface area contributed by atoms with Crippen molar-refractivity contribution in [3.05, 3.63) is 11.4 Å². The van der Waals surface area contributed by atoms with Crippen molar-refractivity contribution in [2.45, 2.75) is 45.8 Å². The van der Waals surface area contributed by atoms with Crippen molar-refractivity contribution >= 4 is 11.6 Å². The van der Waals surface area contributed by atoms with Gasteiger partial charge in [0.2, 0.25) is 0 Å². The number of alkyl halides is 3. The lowest BCUT2D eigenvalue weighted by Crippen LogP contribution is -2.46. The Bertz CT molecular complexity index is 506. The molecule has 0 fully saturated rings. The Labute approximate surface area is 121 Å². The van der Waals surface area contributed by atoms with Crippen molar-refractivity contribution in [2.75, 3.05) is 12.3 Å². The number of halogens is 3. The van der Waals surface area contributed by atoms with E-state index >= 15 is 0 Å². The maximum atomic E-state index is 12.8. The molecule has 0 aliphatic heterocycles. The molecule has 1 aromatic rings. The van der Waals surface area contributed by atoms with E-state index in [4.69, 9.17) is 5.73 Å². The first-order valence-corrected chi connectivity index (χ1v) is 6.79. The fraction of sp³-hybridized carbons (Fsp3) is 0.692. The molecule has 0 aliphatic carbocycles. The summed E-state index contributed by atoms with van der Waals surface area (Å²) < 4.78 is 39.6. The number of nitrogens with two attached hydrogens (primary N) is 1. The average Bonchev–Trinajstić information content (AvgIpc) is 2.61. The molecule has 1 amide bonds. The maximum absolute atomic E-state index is 12.8. The third-order valence-electron chi connectivity index (χ3n) is 3.46. The van der Waals surface area contributed by atoms with E-state index in [1.165, 1.54) is 11.7 Å². The molecule has 1 heterocycles. The molecule has 21 heavy (non-hydrogen) atoms. The molecule has 1 aromatic heterocycles. The van der Waals surface area contributed by atoms with Crippen LogP contribution in [-0.4, -0.2) is 39.4 Å². The average molecular weight is 306 g/mol. The fourth-order valence-corrected chi connectivity index (χ4v) is 2.35. The molecule has 8 heteroatoms. The lowest BCUT2D eigenvalue weighted by Gasteiger charge is -2.31. The summed E-state index contributed by atoms with van der Waals surface area (Å²) in [4.78, 5) is 13.4. The van der Waals surface area contributed by atoms with E-state index < -0.39 is 24.7 Å². The van der Waals surface area contributed by atoms with Crippen molar-refractivity contribution in [3.8, 4) is 0 Å². The molecule has 0 aromatic carbocycles. The molecule has 1 rings (SSSR count). The summed E-state index contributed by atoms with van der Waals surface area (Å²) in [6, 6.07) is -0.492. The van der Waals surface area contributed by atoms with Gasteiger partial charge in [-0.15, -0.1) is 0 Å². The Balaban J connectivity index is 3.21. The van der Waals surface area contributed by atoms with Crippen LogP contribution in [0.25, 0.3) is 0 Å².